The molecule has 0 aromatic heterocycles. The van der Waals surface area contributed by atoms with Crippen LogP contribution < -0.4 is 0 Å². The van der Waals surface area contributed by atoms with Crippen LogP contribution in [0.1, 0.15) is 158 Å². The average molecular weight is 857 g/mol. The summed E-state index contributed by atoms with van der Waals surface area (Å²) in [5.41, 5.74) is -8.73. The Morgan fingerprint density at radius 1 is 0.787 bits per heavy atom. The van der Waals surface area contributed by atoms with Crippen molar-refractivity contribution in [2.45, 2.75) is 199 Å². The molecule has 4 aliphatic heterocycles. The normalized spacial score (nSPS) is 39.2. The standard InChI is InChI=1S/C47H68O14/c1-8-42(5,39(52)60-46(10-3)14-11-12-15-46)41(4,23-33(48)57-30-13-16-55-36(30)49)25-44(7,38(51)59-32-18-31-29-24-56-37(50)34(29)35(32)58-31)43(6,9-2)40(53)61-47-21-27-17-28(22-47)20-45(54,19-27)26-47/h27-32,34-35,54H,8-26H2,1-7H3. The molecule has 12 unspecified atom stereocenters. The fourth-order valence-corrected chi connectivity index (χ4v) is 13.8. The maximum atomic E-state index is 15.5. The lowest BCUT2D eigenvalue weighted by atomic mass is 9.50. The first-order valence-corrected chi connectivity index (χ1v) is 23.3. The Labute approximate surface area is 359 Å². The molecule has 0 amide bonds. The Morgan fingerprint density at radius 2 is 1.44 bits per heavy atom. The van der Waals surface area contributed by atoms with Gasteiger partial charge in [0.2, 0.25) is 6.10 Å². The lowest BCUT2D eigenvalue weighted by Gasteiger charge is -2.60. The molecule has 12 atom stereocenters. The van der Waals surface area contributed by atoms with E-state index < -0.39 is 99.0 Å². The quantitative estimate of drug-likeness (QED) is 0.136. The third-order valence-electron chi connectivity index (χ3n) is 17.9. The van der Waals surface area contributed by atoms with E-state index in [2.05, 4.69) is 0 Å². The lowest BCUT2D eigenvalue weighted by molar-refractivity contribution is -0.233. The van der Waals surface area contributed by atoms with Gasteiger partial charge in [-0.15, -0.1) is 0 Å². The zero-order valence-electron chi connectivity index (χ0n) is 37.3. The Morgan fingerprint density at radius 3 is 2.03 bits per heavy atom. The third kappa shape index (κ3) is 7.29. The van der Waals surface area contributed by atoms with E-state index in [1.807, 2.05) is 20.8 Å². The second-order valence-corrected chi connectivity index (χ2v) is 21.6. The number of ether oxygens (including phenoxy) is 7. The van der Waals surface area contributed by atoms with Crippen molar-refractivity contribution in [3.05, 3.63) is 0 Å². The minimum absolute atomic E-state index is 0.111. The summed E-state index contributed by atoms with van der Waals surface area (Å²) in [6.45, 7) is 12.9. The molecule has 5 saturated carbocycles. The smallest absolute Gasteiger partial charge is 0.347 e. The van der Waals surface area contributed by atoms with Crippen molar-refractivity contribution < 1.29 is 67.0 Å². The van der Waals surface area contributed by atoms with Crippen LogP contribution in [0.2, 0.25) is 0 Å². The summed E-state index contributed by atoms with van der Waals surface area (Å²) in [5.74, 6) is -3.91. The minimum Gasteiger partial charge on any atom is -0.465 e. The van der Waals surface area contributed by atoms with Crippen LogP contribution in [-0.4, -0.2) is 95.4 Å². The number of rotatable bonds is 16. The van der Waals surface area contributed by atoms with Crippen molar-refractivity contribution in [3.8, 4) is 0 Å². The molecule has 14 heteroatoms. The Balaban J connectivity index is 1.18. The highest BCUT2D eigenvalue weighted by molar-refractivity contribution is 5.89. The van der Waals surface area contributed by atoms with Crippen LogP contribution in [0, 0.1) is 45.3 Å². The van der Waals surface area contributed by atoms with Crippen molar-refractivity contribution >= 4 is 35.8 Å². The van der Waals surface area contributed by atoms with E-state index in [4.69, 9.17) is 33.2 Å². The van der Waals surface area contributed by atoms with E-state index in [1.54, 1.807) is 27.7 Å². The number of hydrogen-bond donors (Lipinski definition) is 1. The van der Waals surface area contributed by atoms with Crippen LogP contribution in [0.3, 0.4) is 0 Å². The SMILES string of the molecule is CCC1(OC(=O)C(C)(CC)C(C)(CC(=O)OC2CCOC2=O)CC(C)(C(=O)OC2CC3OC2C2C(=O)OCC32)C(C)(CC)C(=O)OC23CC4CC(CC(O)(C4)C2)C3)CCCC1. The molecule has 0 radical (unpaired) electrons. The van der Waals surface area contributed by atoms with Crippen molar-refractivity contribution in [1.29, 1.82) is 0 Å². The molecular weight excluding hydrogens is 789 g/mol. The van der Waals surface area contributed by atoms with E-state index in [0.29, 0.717) is 57.8 Å². The van der Waals surface area contributed by atoms with Crippen LogP contribution in [0.4, 0.5) is 0 Å². The van der Waals surface area contributed by atoms with E-state index in [-0.39, 0.29) is 68.7 Å². The molecule has 14 nitrogen and oxygen atoms in total. The number of carbonyl (C=O) groups excluding carboxylic acids is 6. The topological polar surface area (TPSA) is 187 Å². The summed E-state index contributed by atoms with van der Waals surface area (Å²) in [5, 5.41) is 11.6. The van der Waals surface area contributed by atoms with E-state index >= 15 is 9.59 Å². The molecule has 9 rings (SSSR count). The van der Waals surface area contributed by atoms with Gasteiger partial charge in [-0.2, -0.15) is 0 Å². The van der Waals surface area contributed by atoms with Gasteiger partial charge in [0.1, 0.15) is 23.4 Å². The number of hydrogen-bond acceptors (Lipinski definition) is 14. The molecule has 6 bridgehead atoms. The number of fused-ring (bicyclic) bond motifs is 5. The summed E-state index contributed by atoms with van der Waals surface area (Å²) >= 11 is 0. The summed E-state index contributed by atoms with van der Waals surface area (Å²) < 4.78 is 42.1. The molecule has 0 aromatic carbocycles. The Hall–Kier alpha value is -3.26. The first-order valence-electron chi connectivity index (χ1n) is 23.3. The molecule has 0 spiro atoms. The average Bonchev–Trinajstić information content (AvgIpc) is 4.04. The zero-order chi connectivity index (χ0) is 44.0. The molecule has 9 fully saturated rings. The highest BCUT2D eigenvalue weighted by Gasteiger charge is 2.67. The fourth-order valence-electron chi connectivity index (χ4n) is 13.8. The summed E-state index contributed by atoms with van der Waals surface area (Å²) in [7, 11) is 0. The van der Waals surface area contributed by atoms with Crippen LogP contribution in [0.5, 0.6) is 0 Å². The molecule has 5 aliphatic carbocycles. The van der Waals surface area contributed by atoms with Gasteiger partial charge >= 0.3 is 35.8 Å². The maximum Gasteiger partial charge on any atom is 0.347 e. The second-order valence-electron chi connectivity index (χ2n) is 21.6. The van der Waals surface area contributed by atoms with Gasteiger partial charge in [-0.3, -0.25) is 24.0 Å². The zero-order valence-corrected chi connectivity index (χ0v) is 37.3. The monoisotopic (exact) mass is 856 g/mol. The number of esters is 6. The van der Waals surface area contributed by atoms with Crippen LogP contribution in [0.25, 0.3) is 0 Å². The second kappa shape index (κ2) is 15.5. The minimum atomic E-state index is -1.77. The summed E-state index contributed by atoms with van der Waals surface area (Å²) in [4.78, 5) is 85.3. The van der Waals surface area contributed by atoms with E-state index in [1.165, 1.54) is 0 Å². The molecule has 4 heterocycles. The predicted molar refractivity (Wildman–Crippen MR) is 215 cm³/mol. The first-order chi connectivity index (χ1) is 28.7. The van der Waals surface area contributed by atoms with Gasteiger partial charge in [0.15, 0.2) is 0 Å². The molecular formula is C47H68O14. The van der Waals surface area contributed by atoms with Crippen molar-refractivity contribution in [1.82, 2.24) is 0 Å². The molecule has 9 aliphatic rings. The molecule has 340 valence electrons. The Kier molecular flexibility index (Phi) is 11.2. The number of aliphatic hydroxyl groups is 1. The highest BCUT2D eigenvalue weighted by Crippen LogP contribution is 2.62. The number of cyclic esters (lactones) is 2. The van der Waals surface area contributed by atoms with Crippen molar-refractivity contribution in [2.75, 3.05) is 13.2 Å². The summed E-state index contributed by atoms with van der Waals surface area (Å²) in [6, 6.07) is 0. The van der Waals surface area contributed by atoms with Gasteiger partial charge in [-0.05, 0) is 121 Å². The summed E-state index contributed by atoms with van der Waals surface area (Å²) in [6.07, 6.45) is 5.06. The van der Waals surface area contributed by atoms with Gasteiger partial charge in [0.25, 0.3) is 0 Å². The van der Waals surface area contributed by atoms with Crippen LogP contribution in [-0.2, 0) is 61.9 Å². The van der Waals surface area contributed by atoms with Gasteiger partial charge in [0.05, 0.1) is 53.5 Å². The predicted octanol–water partition coefficient (Wildman–Crippen LogP) is 6.24. The van der Waals surface area contributed by atoms with Gasteiger partial charge in [0, 0.05) is 25.2 Å². The maximum absolute atomic E-state index is 15.5. The molecule has 61 heavy (non-hydrogen) atoms. The highest BCUT2D eigenvalue weighted by atomic mass is 16.6. The fraction of sp³-hybridized carbons (Fsp3) is 0.872. The van der Waals surface area contributed by atoms with Gasteiger partial charge in [-0.25, -0.2) is 4.79 Å². The Bertz CT molecular complexity index is 1790. The molecule has 4 saturated heterocycles. The van der Waals surface area contributed by atoms with Crippen LogP contribution >= 0.6 is 0 Å². The van der Waals surface area contributed by atoms with E-state index in [0.717, 1.165) is 19.3 Å². The van der Waals surface area contributed by atoms with Crippen molar-refractivity contribution in [3.63, 3.8) is 0 Å². The number of carbonyl (C=O) groups is 6. The van der Waals surface area contributed by atoms with E-state index in [9.17, 15) is 24.3 Å². The molecule has 0 aromatic rings. The third-order valence-corrected chi connectivity index (χ3v) is 17.9. The van der Waals surface area contributed by atoms with Crippen molar-refractivity contribution in [2.24, 2.45) is 45.3 Å². The lowest BCUT2D eigenvalue weighted by Crippen LogP contribution is -2.62. The van der Waals surface area contributed by atoms with Gasteiger partial charge in [-0.1, -0.05) is 27.7 Å². The van der Waals surface area contributed by atoms with Crippen LogP contribution in [0.15, 0.2) is 0 Å². The first kappa shape index (κ1) is 44.4. The molecule has 1 N–H and O–H groups in total. The largest absolute Gasteiger partial charge is 0.465 e. The van der Waals surface area contributed by atoms with Gasteiger partial charge < -0.3 is 38.3 Å².